The molecule has 0 aliphatic heterocycles. The van der Waals surface area contributed by atoms with E-state index in [0.29, 0.717) is 23.5 Å². The Bertz CT molecular complexity index is 883. The Morgan fingerprint density at radius 2 is 1.90 bits per heavy atom. The van der Waals surface area contributed by atoms with Gasteiger partial charge in [0.15, 0.2) is 0 Å². The van der Waals surface area contributed by atoms with Crippen LogP contribution in [0.1, 0.15) is 48.7 Å². The lowest BCUT2D eigenvalue weighted by Crippen LogP contribution is -2.39. The van der Waals surface area contributed by atoms with Crippen molar-refractivity contribution < 1.29 is 19.2 Å². The second kappa shape index (κ2) is 10.9. The molecule has 160 valence electrons. The van der Waals surface area contributed by atoms with Gasteiger partial charge in [-0.1, -0.05) is 25.5 Å². The number of hydrogen-bond acceptors (Lipinski definition) is 5. The minimum Gasteiger partial charge on any atom is -0.494 e. The molecule has 0 aromatic heterocycles. The average molecular weight is 413 g/mol. The number of nitro benzene ring substituents is 1. The number of ether oxygens (including phenoxy) is 1. The summed E-state index contributed by atoms with van der Waals surface area (Å²) in [6, 6.07) is 12.5. The van der Waals surface area contributed by atoms with Crippen LogP contribution < -0.4 is 10.1 Å². The summed E-state index contributed by atoms with van der Waals surface area (Å²) in [6.45, 7) is 4.31. The Labute approximate surface area is 176 Å². The van der Waals surface area contributed by atoms with Crippen molar-refractivity contribution in [2.24, 2.45) is 0 Å². The summed E-state index contributed by atoms with van der Waals surface area (Å²) in [6.07, 6.45) is 2.01. The van der Waals surface area contributed by atoms with Gasteiger partial charge >= 0.3 is 0 Å². The standard InChI is InChI=1S/C22H27N3O5/c1-4-5-13-30-20-11-9-17(10-12-20)22(27)23-15-21(26)24(3)16(2)18-7-6-8-19(14-18)25(28)29/h6-12,14,16H,4-5,13,15H2,1-3H3,(H,23,27)/t16-/m1/s1. The van der Waals surface area contributed by atoms with Crippen LogP contribution in [0.2, 0.25) is 0 Å². The van der Waals surface area contributed by atoms with E-state index in [1.807, 2.05) is 0 Å². The molecule has 8 heteroatoms. The molecule has 2 amide bonds. The van der Waals surface area contributed by atoms with E-state index in [1.165, 1.54) is 17.0 Å². The molecule has 0 spiro atoms. The molecule has 8 nitrogen and oxygen atoms in total. The van der Waals surface area contributed by atoms with Crippen LogP contribution in [0.5, 0.6) is 5.75 Å². The van der Waals surface area contributed by atoms with Gasteiger partial charge in [-0.25, -0.2) is 0 Å². The quantitative estimate of drug-likeness (QED) is 0.363. The fourth-order valence-electron chi connectivity index (χ4n) is 2.76. The summed E-state index contributed by atoms with van der Waals surface area (Å²) in [7, 11) is 1.60. The van der Waals surface area contributed by atoms with Crippen molar-refractivity contribution in [1.29, 1.82) is 0 Å². The number of nitrogens with zero attached hydrogens (tertiary/aromatic N) is 2. The Hall–Kier alpha value is -3.42. The summed E-state index contributed by atoms with van der Waals surface area (Å²) in [5.41, 5.74) is 1.04. The molecule has 0 aliphatic rings. The number of amides is 2. The molecule has 2 aromatic carbocycles. The lowest BCUT2D eigenvalue weighted by molar-refractivity contribution is -0.384. The van der Waals surface area contributed by atoms with Crippen LogP contribution in [0.25, 0.3) is 0 Å². The normalized spacial score (nSPS) is 11.4. The van der Waals surface area contributed by atoms with Crippen molar-refractivity contribution in [3.8, 4) is 5.75 Å². The van der Waals surface area contributed by atoms with E-state index in [1.54, 1.807) is 50.4 Å². The molecule has 30 heavy (non-hydrogen) atoms. The van der Waals surface area contributed by atoms with Gasteiger partial charge in [0.25, 0.3) is 11.6 Å². The van der Waals surface area contributed by atoms with E-state index in [2.05, 4.69) is 12.2 Å². The molecule has 0 unspecified atom stereocenters. The highest BCUT2D eigenvalue weighted by Crippen LogP contribution is 2.23. The fraction of sp³-hybridized carbons (Fsp3) is 0.364. The van der Waals surface area contributed by atoms with E-state index >= 15 is 0 Å². The van der Waals surface area contributed by atoms with Crippen LogP contribution >= 0.6 is 0 Å². The second-order valence-corrected chi connectivity index (χ2v) is 6.94. The second-order valence-electron chi connectivity index (χ2n) is 6.94. The minimum absolute atomic E-state index is 0.0318. The van der Waals surface area contributed by atoms with E-state index in [9.17, 15) is 19.7 Å². The number of nitro groups is 1. The highest BCUT2D eigenvalue weighted by Gasteiger charge is 2.20. The lowest BCUT2D eigenvalue weighted by atomic mass is 10.1. The molecule has 0 heterocycles. The third kappa shape index (κ3) is 6.30. The first-order chi connectivity index (χ1) is 14.3. The Morgan fingerprint density at radius 3 is 2.53 bits per heavy atom. The van der Waals surface area contributed by atoms with E-state index in [0.717, 1.165) is 12.8 Å². The molecule has 1 N–H and O–H groups in total. The largest absolute Gasteiger partial charge is 0.494 e. The van der Waals surface area contributed by atoms with Crippen molar-refractivity contribution in [1.82, 2.24) is 10.2 Å². The van der Waals surface area contributed by atoms with Gasteiger partial charge in [-0.2, -0.15) is 0 Å². The van der Waals surface area contributed by atoms with Crippen LogP contribution in [0, 0.1) is 10.1 Å². The summed E-state index contributed by atoms with van der Waals surface area (Å²) in [4.78, 5) is 36.7. The summed E-state index contributed by atoms with van der Waals surface area (Å²) in [5, 5.41) is 13.6. The number of rotatable bonds is 10. The molecule has 0 aliphatic carbocycles. The first kappa shape index (κ1) is 22.9. The smallest absolute Gasteiger partial charge is 0.269 e. The third-order valence-electron chi connectivity index (χ3n) is 4.82. The first-order valence-corrected chi connectivity index (χ1v) is 9.84. The van der Waals surface area contributed by atoms with Crippen LogP contribution in [-0.4, -0.2) is 41.8 Å². The minimum atomic E-state index is -0.474. The van der Waals surface area contributed by atoms with Crippen LogP contribution in [0.3, 0.4) is 0 Å². The van der Waals surface area contributed by atoms with Crippen molar-refractivity contribution >= 4 is 17.5 Å². The maximum absolute atomic E-state index is 12.5. The fourth-order valence-corrected chi connectivity index (χ4v) is 2.76. The Balaban J connectivity index is 1.90. The average Bonchev–Trinajstić information content (AvgIpc) is 2.76. The molecule has 0 saturated heterocycles. The van der Waals surface area contributed by atoms with Gasteiger partial charge in [-0.15, -0.1) is 0 Å². The van der Waals surface area contributed by atoms with Gasteiger partial charge in [0.05, 0.1) is 24.1 Å². The zero-order chi connectivity index (χ0) is 22.1. The van der Waals surface area contributed by atoms with Crippen molar-refractivity contribution in [3.63, 3.8) is 0 Å². The van der Waals surface area contributed by atoms with E-state index in [4.69, 9.17) is 4.74 Å². The van der Waals surface area contributed by atoms with Crippen LogP contribution in [0.4, 0.5) is 5.69 Å². The Kier molecular flexibility index (Phi) is 8.34. The van der Waals surface area contributed by atoms with Crippen molar-refractivity contribution in [2.75, 3.05) is 20.2 Å². The van der Waals surface area contributed by atoms with E-state index in [-0.39, 0.29) is 30.1 Å². The van der Waals surface area contributed by atoms with Crippen LogP contribution in [0.15, 0.2) is 48.5 Å². The molecule has 0 radical (unpaired) electrons. The lowest BCUT2D eigenvalue weighted by Gasteiger charge is -2.25. The number of unbranched alkanes of at least 4 members (excludes halogenated alkanes) is 1. The van der Waals surface area contributed by atoms with Gasteiger partial charge in [0.1, 0.15) is 5.75 Å². The molecule has 0 fully saturated rings. The number of likely N-dealkylation sites (N-methyl/N-ethyl adjacent to an activating group) is 1. The molecule has 2 aromatic rings. The SMILES string of the molecule is CCCCOc1ccc(C(=O)NCC(=O)N(C)[C@H](C)c2cccc([N+](=O)[O-])c2)cc1. The molecule has 0 bridgehead atoms. The van der Waals surface area contributed by atoms with E-state index < -0.39 is 4.92 Å². The summed E-state index contributed by atoms with van der Waals surface area (Å²) < 4.78 is 5.57. The monoisotopic (exact) mass is 413 g/mol. The van der Waals surface area contributed by atoms with Crippen LogP contribution in [-0.2, 0) is 4.79 Å². The molecule has 1 atom stereocenters. The highest BCUT2D eigenvalue weighted by atomic mass is 16.6. The summed E-state index contributed by atoms with van der Waals surface area (Å²) >= 11 is 0. The topological polar surface area (TPSA) is 102 Å². The molecular weight excluding hydrogens is 386 g/mol. The van der Waals surface area contributed by atoms with Gasteiger partial charge in [0.2, 0.25) is 5.91 Å². The number of carbonyl (C=O) groups is 2. The van der Waals surface area contributed by atoms with Gasteiger partial charge in [0, 0.05) is 24.7 Å². The summed E-state index contributed by atoms with van der Waals surface area (Å²) in [5.74, 6) is 0.0309. The number of nitrogens with one attached hydrogen (secondary N) is 1. The molecular formula is C22H27N3O5. The predicted molar refractivity (Wildman–Crippen MR) is 113 cm³/mol. The Morgan fingerprint density at radius 1 is 1.20 bits per heavy atom. The van der Waals surface area contributed by atoms with Gasteiger partial charge in [-0.05, 0) is 43.2 Å². The number of non-ortho nitro benzene ring substituents is 1. The maximum atomic E-state index is 12.5. The third-order valence-corrected chi connectivity index (χ3v) is 4.82. The zero-order valence-corrected chi connectivity index (χ0v) is 17.5. The first-order valence-electron chi connectivity index (χ1n) is 9.84. The number of carbonyl (C=O) groups excluding carboxylic acids is 2. The molecule has 2 rings (SSSR count). The van der Waals surface area contributed by atoms with Gasteiger partial charge < -0.3 is 15.0 Å². The zero-order valence-electron chi connectivity index (χ0n) is 17.5. The predicted octanol–water partition coefficient (Wildman–Crippen LogP) is 3.72. The highest BCUT2D eigenvalue weighted by molar-refractivity contribution is 5.96. The number of hydrogen-bond donors (Lipinski definition) is 1. The number of benzene rings is 2. The van der Waals surface area contributed by atoms with Crippen molar-refractivity contribution in [2.45, 2.75) is 32.7 Å². The van der Waals surface area contributed by atoms with Crippen molar-refractivity contribution in [3.05, 3.63) is 69.8 Å². The van der Waals surface area contributed by atoms with Gasteiger partial charge in [-0.3, -0.25) is 19.7 Å². The maximum Gasteiger partial charge on any atom is 0.269 e. The molecule has 0 saturated carbocycles.